The molecule has 2 saturated carbocycles. The van der Waals surface area contributed by atoms with Crippen LogP contribution in [0, 0.1) is 5.41 Å². The first-order valence-corrected chi connectivity index (χ1v) is 10.8. The Bertz CT molecular complexity index is 649. The third kappa shape index (κ3) is 4.35. The lowest BCUT2D eigenvalue weighted by Crippen LogP contribution is -2.65. The fourth-order valence-corrected chi connectivity index (χ4v) is 4.93. The van der Waals surface area contributed by atoms with E-state index in [1.807, 2.05) is 17.9 Å². The summed E-state index contributed by atoms with van der Waals surface area (Å²) >= 11 is 0. The Labute approximate surface area is 169 Å². The normalized spacial score (nSPS) is 25.1. The molecule has 0 aromatic carbocycles. The predicted molar refractivity (Wildman–Crippen MR) is 113 cm³/mol. The van der Waals surface area contributed by atoms with Crippen LogP contribution < -0.4 is 10.6 Å². The van der Waals surface area contributed by atoms with E-state index >= 15 is 0 Å². The number of hydrogen-bond donors (Lipinski definition) is 2. The highest BCUT2D eigenvalue weighted by molar-refractivity contribution is 5.80. The minimum Gasteiger partial charge on any atom is -0.378 e. The number of nitrogens with zero attached hydrogens (tertiary/aromatic N) is 4. The van der Waals surface area contributed by atoms with Gasteiger partial charge in [-0.05, 0) is 47.2 Å². The molecule has 2 aliphatic carbocycles. The van der Waals surface area contributed by atoms with Crippen LogP contribution in [0.2, 0.25) is 0 Å². The summed E-state index contributed by atoms with van der Waals surface area (Å²) in [4.78, 5) is 7.15. The Balaban J connectivity index is 1.68. The SMILES string of the molecule is CCNC(=NCC(c1cnn(C)c1)N(C)C)NC1CC(OCC)C12CCCC2. The largest absolute Gasteiger partial charge is 0.378 e. The van der Waals surface area contributed by atoms with E-state index in [9.17, 15) is 0 Å². The lowest BCUT2D eigenvalue weighted by atomic mass is 9.60. The van der Waals surface area contributed by atoms with Gasteiger partial charge in [0.15, 0.2) is 5.96 Å². The van der Waals surface area contributed by atoms with Gasteiger partial charge in [-0.3, -0.25) is 9.67 Å². The maximum Gasteiger partial charge on any atom is 0.191 e. The molecule has 0 saturated heterocycles. The number of guanidine groups is 1. The lowest BCUT2D eigenvalue weighted by molar-refractivity contribution is -0.125. The van der Waals surface area contributed by atoms with Gasteiger partial charge in [0, 0.05) is 43.4 Å². The van der Waals surface area contributed by atoms with Crippen molar-refractivity contribution in [3.05, 3.63) is 18.0 Å². The molecule has 0 amide bonds. The van der Waals surface area contributed by atoms with Crippen LogP contribution in [0.15, 0.2) is 17.4 Å². The predicted octanol–water partition coefficient (Wildman–Crippen LogP) is 2.32. The molecule has 2 N–H and O–H groups in total. The number of rotatable bonds is 8. The van der Waals surface area contributed by atoms with Crippen LogP contribution in [0.25, 0.3) is 0 Å². The van der Waals surface area contributed by atoms with E-state index in [1.54, 1.807) is 0 Å². The summed E-state index contributed by atoms with van der Waals surface area (Å²) in [5.74, 6) is 0.921. The second-order valence-electron chi connectivity index (χ2n) is 8.46. The average Bonchev–Trinajstić information content (AvgIpc) is 3.31. The molecule has 1 aromatic heterocycles. The number of aryl methyl sites for hydroxylation is 1. The molecular weight excluding hydrogens is 352 g/mol. The van der Waals surface area contributed by atoms with Gasteiger partial charge in [-0.25, -0.2) is 0 Å². The molecule has 2 aliphatic rings. The van der Waals surface area contributed by atoms with Gasteiger partial charge in [-0.2, -0.15) is 5.10 Å². The van der Waals surface area contributed by atoms with E-state index in [-0.39, 0.29) is 6.04 Å². The molecule has 7 nitrogen and oxygen atoms in total. The van der Waals surface area contributed by atoms with Crippen LogP contribution in [0.1, 0.15) is 57.6 Å². The van der Waals surface area contributed by atoms with Gasteiger partial charge in [0.25, 0.3) is 0 Å². The van der Waals surface area contributed by atoms with Crippen LogP contribution in [0.4, 0.5) is 0 Å². The third-order valence-electron chi connectivity index (χ3n) is 6.50. The van der Waals surface area contributed by atoms with E-state index in [4.69, 9.17) is 9.73 Å². The monoisotopic (exact) mass is 390 g/mol. The highest BCUT2D eigenvalue weighted by Gasteiger charge is 2.56. The first-order valence-electron chi connectivity index (χ1n) is 10.8. The van der Waals surface area contributed by atoms with E-state index in [0.717, 1.165) is 25.5 Å². The standard InChI is InChI=1S/C21H38N6O/c1-6-22-20(23-14-17(26(3)4)16-13-24-27(5)15-16)25-18-12-19(28-7-2)21(18)10-8-9-11-21/h13,15,17-19H,6-12,14H2,1-5H3,(H2,22,23,25). The van der Waals surface area contributed by atoms with E-state index in [0.29, 0.717) is 24.1 Å². The molecule has 0 bridgehead atoms. The molecular formula is C21H38N6O. The van der Waals surface area contributed by atoms with Gasteiger partial charge in [0.05, 0.1) is 24.9 Å². The summed E-state index contributed by atoms with van der Waals surface area (Å²) in [5, 5.41) is 11.5. The molecule has 3 atom stereocenters. The molecule has 1 aromatic rings. The lowest BCUT2D eigenvalue weighted by Gasteiger charge is -2.54. The smallest absolute Gasteiger partial charge is 0.191 e. The zero-order chi connectivity index (χ0) is 20.1. The highest BCUT2D eigenvalue weighted by Crippen LogP contribution is 2.54. The molecule has 28 heavy (non-hydrogen) atoms. The average molecular weight is 391 g/mol. The van der Waals surface area contributed by atoms with Crippen LogP contribution in [-0.4, -0.2) is 66.6 Å². The maximum absolute atomic E-state index is 6.06. The quantitative estimate of drug-likeness (QED) is 0.527. The second kappa shape index (κ2) is 9.27. The Kier molecular flexibility index (Phi) is 6.99. The molecule has 1 spiro atoms. The van der Waals surface area contributed by atoms with Crippen molar-refractivity contribution in [2.45, 2.75) is 64.1 Å². The number of ether oxygens (including phenoxy) is 1. The molecule has 3 unspecified atom stereocenters. The molecule has 0 radical (unpaired) electrons. The second-order valence-corrected chi connectivity index (χ2v) is 8.46. The first-order chi connectivity index (χ1) is 13.5. The first kappa shape index (κ1) is 21.1. The third-order valence-corrected chi connectivity index (χ3v) is 6.50. The Morgan fingerprint density at radius 3 is 2.71 bits per heavy atom. The van der Waals surface area contributed by atoms with Crippen molar-refractivity contribution in [2.24, 2.45) is 17.5 Å². The topological polar surface area (TPSA) is 66.7 Å². The summed E-state index contributed by atoms with van der Waals surface area (Å²) in [6, 6.07) is 0.669. The number of likely N-dealkylation sites (N-methyl/N-ethyl adjacent to an activating group) is 1. The van der Waals surface area contributed by atoms with E-state index < -0.39 is 0 Å². The molecule has 1 heterocycles. The van der Waals surface area contributed by atoms with Crippen molar-refractivity contribution in [1.82, 2.24) is 25.3 Å². The Hall–Kier alpha value is -1.60. The van der Waals surface area contributed by atoms with Gasteiger partial charge in [-0.1, -0.05) is 12.8 Å². The number of aliphatic imine (C=N–C) groups is 1. The molecule has 0 aliphatic heterocycles. The highest BCUT2D eigenvalue weighted by atomic mass is 16.5. The van der Waals surface area contributed by atoms with Crippen molar-refractivity contribution < 1.29 is 4.74 Å². The zero-order valence-corrected chi connectivity index (χ0v) is 18.2. The summed E-state index contributed by atoms with van der Waals surface area (Å²) in [7, 11) is 6.15. The number of aromatic nitrogens is 2. The maximum atomic E-state index is 6.06. The summed E-state index contributed by atoms with van der Waals surface area (Å²) < 4.78 is 7.91. The Morgan fingerprint density at radius 1 is 1.39 bits per heavy atom. The van der Waals surface area contributed by atoms with Crippen LogP contribution in [-0.2, 0) is 11.8 Å². The van der Waals surface area contributed by atoms with Crippen molar-refractivity contribution >= 4 is 5.96 Å². The molecule has 3 rings (SSSR count). The van der Waals surface area contributed by atoms with Crippen LogP contribution >= 0.6 is 0 Å². The van der Waals surface area contributed by atoms with Gasteiger partial charge in [-0.15, -0.1) is 0 Å². The zero-order valence-electron chi connectivity index (χ0n) is 18.2. The van der Waals surface area contributed by atoms with Crippen molar-refractivity contribution in [2.75, 3.05) is 33.8 Å². The summed E-state index contributed by atoms with van der Waals surface area (Å²) in [5.41, 5.74) is 1.50. The summed E-state index contributed by atoms with van der Waals surface area (Å²) in [6.07, 6.45) is 10.7. The van der Waals surface area contributed by atoms with Crippen molar-refractivity contribution in [3.63, 3.8) is 0 Å². The van der Waals surface area contributed by atoms with E-state index in [2.05, 4.69) is 54.8 Å². The minimum atomic E-state index is 0.210. The van der Waals surface area contributed by atoms with Gasteiger partial charge in [0.2, 0.25) is 0 Å². The molecule has 2 fully saturated rings. The summed E-state index contributed by atoms with van der Waals surface area (Å²) in [6.45, 7) is 6.59. The Morgan fingerprint density at radius 2 is 2.14 bits per heavy atom. The van der Waals surface area contributed by atoms with Crippen LogP contribution in [0.5, 0.6) is 0 Å². The van der Waals surface area contributed by atoms with Crippen molar-refractivity contribution in [3.8, 4) is 0 Å². The van der Waals surface area contributed by atoms with Gasteiger partial charge >= 0.3 is 0 Å². The van der Waals surface area contributed by atoms with Gasteiger partial charge in [0.1, 0.15) is 0 Å². The fraction of sp³-hybridized carbons (Fsp3) is 0.810. The van der Waals surface area contributed by atoms with Gasteiger partial charge < -0.3 is 20.3 Å². The van der Waals surface area contributed by atoms with E-state index in [1.165, 1.54) is 31.2 Å². The fourth-order valence-electron chi connectivity index (χ4n) is 4.93. The van der Waals surface area contributed by atoms with Crippen LogP contribution in [0.3, 0.4) is 0 Å². The van der Waals surface area contributed by atoms with Crippen molar-refractivity contribution in [1.29, 1.82) is 0 Å². The molecule has 7 heteroatoms. The minimum absolute atomic E-state index is 0.210. The molecule has 158 valence electrons. The number of hydrogen-bond acceptors (Lipinski definition) is 4. The number of nitrogens with one attached hydrogen (secondary N) is 2.